The zero-order valence-corrected chi connectivity index (χ0v) is 16.2. The lowest BCUT2D eigenvalue weighted by atomic mass is 10.0. The minimum atomic E-state index is -0.858. The van der Waals surface area contributed by atoms with Crippen LogP contribution < -0.4 is 5.76 Å². The summed E-state index contributed by atoms with van der Waals surface area (Å²) in [5, 5.41) is 11.1. The van der Waals surface area contributed by atoms with E-state index in [1.165, 1.54) is 11.7 Å². The fourth-order valence-corrected chi connectivity index (χ4v) is 2.86. The number of allylic oxidation sites excluding steroid dienone is 2. The van der Waals surface area contributed by atoms with Gasteiger partial charge in [0, 0.05) is 20.4 Å². The van der Waals surface area contributed by atoms with Crippen molar-refractivity contribution in [1.29, 1.82) is 0 Å². The number of fused-ring (bicyclic) bond motifs is 1. The van der Waals surface area contributed by atoms with Crippen LogP contribution in [0.4, 0.5) is 4.39 Å². The quantitative estimate of drug-likeness (QED) is 0.349. The summed E-state index contributed by atoms with van der Waals surface area (Å²) in [6.07, 6.45) is 4.33. The number of aromatic nitrogens is 3. The molecule has 0 saturated carbocycles. The number of aryl methyl sites for hydroxylation is 3. The van der Waals surface area contributed by atoms with Gasteiger partial charge in [0.2, 0.25) is 11.8 Å². The van der Waals surface area contributed by atoms with Gasteiger partial charge >= 0.3 is 5.76 Å². The number of halogens is 1. The molecule has 0 unspecified atom stereocenters. The molecule has 0 bridgehead atoms. The summed E-state index contributed by atoms with van der Waals surface area (Å²) in [4.78, 5) is 16.4. The van der Waals surface area contributed by atoms with Crippen LogP contribution in [-0.4, -0.2) is 27.8 Å². The van der Waals surface area contributed by atoms with Crippen LogP contribution in [0.25, 0.3) is 16.7 Å². The molecule has 3 rings (SSSR count). The van der Waals surface area contributed by atoms with Gasteiger partial charge in [0.1, 0.15) is 7.11 Å². The van der Waals surface area contributed by atoms with Gasteiger partial charge in [-0.3, -0.25) is 4.57 Å². The van der Waals surface area contributed by atoms with Gasteiger partial charge < -0.3 is 13.7 Å². The van der Waals surface area contributed by atoms with E-state index in [0.717, 1.165) is 24.0 Å². The molecule has 0 radical (unpaired) electrons. The largest absolute Gasteiger partial charge is 0.426 e. The highest BCUT2D eigenvalue weighted by Gasteiger charge is 2.18. The standard InChI is InChI=1S/C19H21FN4O4/c1-11(7-5-6-8-16-22-21-12(2)27-16)13-9-14(18(20)23-26-4)17-15(10-13)24(3)19(25)28-17/h7,9-10H,5-6,8H2,1-4H3/b11-7+,23-18-. The van der Waals surface area contributed by atoms with Gasteiger partial charge in [-0.15, -0.1) is 10.2 Å². The van der Waals surface area contributed by atoms with E-state index in [2.05, 4.69) is 20.2 Å². The van der Waals surface area contributed by atoms with Crippen LogP contribution in [-0.2, 0) is 18.3 Å². The van der Waals surface area contributed by atoms with Gasteiger partial charge in [-0.05, 0) is 43.0 Å². The first-order chi connectivity index (χ1) is 13.4. The fourth-order valence-electron chi connectivity index (χ4n) is 2.86. The van der Waals surface area contributed by atoms with E-state index in [9.17, 15) is 9.18 Å². The van der Waals surface area contributed by atoms with Crippen molar-refractivity contribution >= 4 is 22.6 Å². The summed E-state index contributed by atoms with van der Waals surface area (Å²) in [5.74, 6) is -0.273. The van der Waals surface area contributed by atoms with E-state index in [1.807, 2.05) is 13.0 Å². The Kier molecular flexibility index (Phi) is 5.72. The highest BCUT2D eigenvalue weighted by Crippen LogP contribution is 2.26. The first kappa shape index (κ1) is 19.5. The van der Waals surface area contributed by atoms with Crippen molar-refractivity contribution in [1.82, 2.24) is 14.8 Å². The third-order valence-electron chi connectivity index (χ3n) is 4.36. The molecular weight excluding hydrogens is 367 g/mol. The maximum absolute atomic E-state index is 14.4. The van der Waals surface area contributed by atoms with Gasteiger partial charge in [0.25, 0.3) is 5.97 Å². The summed E-state index contributed by atoms with van der Waals surface area (Å²) < 4.78 is 26.2. The molecule has 0 N–H and O–H groups in total. The van der Waals surface area contributed by atoms with Crippen LogP contribution >= 0.6 is 0 Å². The number of oxime groups is 1. The molecule has 2 heterocycles. The minimum Gasteiger partial charge on any atom is -0.426 e. The Morgan fingerprint density at radius 2 is 2.14 bits per heavy atom. The maximum Gasteiger partial charge on any atom is 0.419 e. The van der Waals surface area contributed by atoms with Crippen LogP contribution in [0.15, 0.2) is 37.0 Å². The minimum absolute atomic E-state index is 0.0705. The summed E-state index contributed by atoms with van der Waals surface area (Å²) >= 11 is 0. The lowest BCUT2D eigenvalue weighted by molar-refractivity contribution is 0.209. The van der Waals surface area contributed by atoms with Crippen molar-refractivity contribution in [2.45, 2.75) is 33.1 Å². The second kappa shape index (κ2) is 8.20. The Labute approximate surface area is 160 Å². The topological polar surface area (TPSA) is 95.7 Å². The van der Waals surface area contributed by atoms with E-state index in [0.29, 0.717) is 23.7 Å². The van der Waals surface area contributed by atoms with Crippen molar-refractivity contribution in [2.24, 2.45) is 12.2 Å². The molecule has 0 atom stereocenters. The zero-order valence-electron chi connectivity index (χ0n) is 16.2. The molecule has 0 fully saturated rings. The second-order valence-electron chi connectivity index (χ2n) is 6.36. The molecule has 2 aromatic heterocycles. The molecule has 0 aliphatic carbocycles. The Bertz CT molecular complexity index is 1110. The summed E-state index contributed by atoms with van der Waals surface area (Å²) in [6, 6.07) is 3.38. The molecule has 1 aromatic carbocycles. The van der Waals surface area contributed by atoms with Gasteiger partial charge in [-0.2, -0.15) is 4.39 Å². The molecule has 0 aliphatic rings. The van der Waals surface area contributed by atoms with Crippen LogP contribution in [0.3, 0.4) is 0 Å². The van der Waals surface area contributed by atoms with Gasteiger partial charge in [-0.25, -0.2) is 4.79 Å². The first-order valence-electron chi connectivity index (χ1n) is 8.77. The maximum atomic E-state index is 14.4. The highest BCUT2D eigenvalue weighted by atomic mass is 19.1. The lowest BCUT2D eigenvalue weighted by Crippen LogP contribution is -2.08. The summed E-state index contributed by atoms with van der Waals surface area (Å²) in [6.45, 7) is 3.68. The molecule has 3 aromatic rings. The molecular formula is C19H21FN4O4. The smallest absolute Gasteiger partial charge is 0.419 e. The molecule has 148 valence electrons. The molecule has 0 saturated heterocycles. The fraction of sp³-hybridized carbons (Fsp3) is 0.368. The summed E-state index contributed by atoms with van der Waals surface area (Å²) in [7, 11) is 2.82. The van der Waals surface area contributed by atoms with Crippen LogP contribution in [0.1, 0.15) is 42.7 Å². The van der Waals surface area contributed by atoms with Crippen molar-refractivity contribution in [3.05, 3.63) is 51.7 Å². The second-order valence-corrected chi connectivity index (χ2v) is 6.36. The molecule has 8 nitrogen and oxygen atoms in total. The normalized spacial score (nSPS) is 12.8. The van der Waals surface area contributed by atoms with Gasteiger partial charge in [-0.1, -0.05) is 11.2 Å². The SMILES string of the molecule is CO/N=C(\F)c1cc(/C(C)=C/CCCc2nnc(C)o2)cc2c1oc(=O)n2C. The van der Waals surface area contributed by atoms with Crippen molar-refractivity contribution in [3.63, 3.8) is 0 Å². The number of oxazole rings is 1. The first-order valence-corrected chi connectivity index (χ1v) is 8.77. The third-order valence-corrected chi connectivity index (χ3v) is 4.36. The Hall–Kier alpha value is -3.23. The van der Waals surface area contributed by atoms with Crippen LogP contribution in [0.5, 0.6) is 0 Å². The molecule has 0 aliphatic heterocycles. The van der Waals surface area contributed by atoms with Gasteiger partial charge in [0.05, 0.1) is 11.1 Å². The van der Waals surface area contributed by atoms with Crippen LogP contribution in [0, 0.1) is 6.92 Å². The highest BCUT2D eigenvalue weighted by molar-refractivity contribution is 6.04. The zero-order chi connectivity index (χ0) is 20.3. The Morgan fingerprint density at radius 1 is 1.36 bits per heavy atom. The molecule has 0 spiro atoms. The molecule has 28 heavy (non-hydrogen) atoms. The lowest BCUT2D eigenvalue weighted by Gasteiger charge is -2.06. The Morgan fingerprint density at radius 3 is 2.82 bits per heavy atom. The summed E-state index contributed by atoms with van der Waals surface area (Å²) in [5.41, 5.74) is 2.38. The monoisotopic (exact) mass is 388 g/mol. The molecule has 9 heteroatoms. The van der Waals surface area contributed by atoms with Crippen LogP contribution in [0.2, 0.25) is 0 Å². The number of benzene rings is 1. The van der Waals surface area contributed by atoms with E-state index in [4.69, 9.17) is 8.83 Å². The molecule has 0 amide bonds. The number of unbranched alkanes of at least 4 members (excludes halogenated alkanes) is 1. The van der Waals surface area contributed by atoms with Crippen molar-refractivity contribution in [2.75, 3.05) is 7.11 Å². The average molecular weight is 388 g/mol. The van der Waals surface area contributed by atoms with E-state index < -0.39 is 11.7 Å². The van der Waals surface area contributed by atoms with Crippen molar-refractivity contribution < 1.29 is 18.1 Å². The third kappa shape index (κ3) is 4.03. The number of hydrogen-bond acceptors (Lipinski definition) is 7. The predicted octanol–water partition coefficient (Wildman–Crippen LogP) is 3.53. The number of rotatable bonds is 7. The number of hydrogen-bond donors (Lipinski definition) is 0. The van der Waals surface area contributed by atoms with Crippen molar-refractivity contribution in [3.8, 4) is 0 Å². The van der Waals surface area contributed by atoms with E-state index in [-0.39, 0.29) is 11.1 Å². The Balaban J connectivity index is 1.87. The predicted molar refractivity (Wildman–Crippen MR) is 102 cm³/mol. The number of nitrogens with zero attached hydrogens (tertiary/aromatic N) is 4. The van der Waals surface area contributed by atoms with Gasteiger partial charge in [0.15, 0.2) is 5.58 Å². The van der Waals surface area contributed by atoms with E-state index in [1.54, 1.807) is 26.1 Å². The van der Waals surface area contributed by atoms with E-state index >= 15 is 0 Å². The average Bonchev–Trinajstić information content (AvgIpc) is 3.21.